The first-order valence-electron chi connectivity index (χ1n) is 9.42. The molecule has 3 rings (SSSR count). The maximum atomic E-state index is 13.2. The molecule has 2 atom stereocenters. The second-order valence-corrected chi connectivity index (χ2v) is 7.69. The number of likely N-dealkylation sites (tertiary alicyclic amines) is 1. The summed E-state index contributed by atoms with van der Waals surface area (Å²) >= 11 is 5.90. The molecule has 0 saturated carbocycles. The smallest absolute Gasteiger partial charge is 0.251 e. The van der Waals surface area contributed by atoms with Crippen molar-refractivity contribution < 1.29 is 9.59 Å². The van der Waals surface area contributed by atoms with Crippen molar-refractivity contribution in [1.29, 1.82) is 0 Å². The molecule has 2 amide bonds. The molecule has 0 aromatic heterocycles. The average Bonchev–Trinajstić information content (AvgIpc) is 2.68. The van der Waals surface area contributed by atoms with Crippen molar-refractivity contribution in [2.24, 2.45) is 5.92 Å². The van der Waals surface area contributed by atoms with Crippen LogP contribution in [0.25, 0.3) is 0 Å². The maximum absolute atomic E-state index is 13.2. The summed E-state index contributed by atoms with van der Waals surface area (Å²) in [5, 5.41) is 3.51. The minimum atomic E-state index is -0.583. The predicted molar refractivity (Wildman–Crippen MR) is 108 cm³/mol. The van der Waals surface area contributed by atoms with E-state index in [2.05, 4.69) is 12.2 Å². The molecule has 1 N–H and O–H groups in total. The molecule has 2 aromatic rings. The van der Waals surface area contributed by atoms with E-state index in [1.807, 2.05) is 35.2 Å². The van der Waals surface area contributed by atoms with Gasteiger partial charge in [-0.1, -0.05) is 48.9 Å². The molecule has 0 spiro atoms. The second kappa shape index (κ2) is 9.05. The number of hydrogen-bond donors (Lipinski definition) is 1. The number of carbonyl (C=O) groups excluding carboxylic acids is 2. The number of nitrogens with one attached hydrogen (secondary N) is 1. The maximum Gasteiger partial charge on any atom is 0.251 e. The van der Waals surface area contributed by atoms with Crippen LogP contribution in [0, 0.1) is 5.92 Å². The lowest BCUT2D eigenvalue weighted by Crippen LogP contribution is -2.52. The Labute approximate surface area is 165 Å². The Balaban J connectivity index is 1.77. The van der Waals surface area contributed by atoms with E-state index in [-0.39, 0.29) is 11.8 Å². The summed E-state index contributed by atoms with van der Waals surface area (Å²) in [6, 6.07) is 15.9. The molecule has 0 radical (unpaired) electrons. The zero-order chi connectivity index (χ0) is 19.2. The molecule has 1 saturated heterocycles. The molecule has 2 aromatic carbocycles. The van der Waals surface area contributed by atoms with Crippen molar-refractivity contribution in [3.63, 3.8) is 0 Å². The number of hydrogen-bond acceptors (Lipinski definition) is 2. The molecule has 142 valence electrons. The Morgan fingerprint density at radius 2 is 1.85 bits per heavy atom. The first-order valence-corrected chi connectivity index (χ1v) is 9.80. The van der Waals surface area contributed by atoms with Gasteiger partial charge in [-0.3, -0.25) is 9.59 Å². The summed E-state index contributed by atoms with van der Waals surface area (Å²) < 4.78 is 0. The fraction of sp³-hybridized carbons (Fsp3) is 0.364. The zero-order valence-electron chi connectivity index (χ0n) is 15.5. The lowest BCUT2D eigenvalue weighted by atomic mass is 9.98. The van der Waals surface area contributed by atoms with Gasteiger partial charge in [0.15, 0.2) is 0 Å². The van der Waals surface area contributed by atoms with Crippen molar-refractivity contribution in [3.05, 3.63) is 70.7 Å². The number of carbonyl (C=O) groups is 2. The van der Waals surface area contributed by atoms with Gasteiger partial charge in [0.05, 0.1) is 0 Å². The van der Waals surface area contributed by atoms with Gasteiger partial charge < -0.3 is 10.2 Å². The Bertz CT molecular complexity index is 777. The van der Waals surface area contributed by atoms with Crippen molar-refractivity contribution in [2.75, 3.05) is 13.1 Å². The van der Waals surface area contributed by atoms with Crippen LogP contribution in [-0.4, -0.2) is 35.8 Å². The quantitative estimate of drug-likeness (QED) is 0.848. The molecule has 2 unspecified atom stereocenters. The summed E-state index contributed by atoms with van der Waals surface area (Å²) in [4.78, 5) is 27.7. The lowest BCUT2D eigenvalue weighted by Gasteiger charge is -2.34. The van der Waals surface area contributed by atoms with Gasteiger partial charge in [0, 0.05) is 30.1 Å². The molecule has 0 bridgehead atoms. The topological polar surface area (TPSA) is 49.4 Å². The second-order valence-electron chi connectivity index (χ2n) is 7.25. The van der Waals surface area contributed by atoms with Crippen LogP contribution in [0.4, 0.5) is 0 Å². The van der Waals surface area contributed by atoms with E-state index in [1.165, 1.54) is 0 Å². The van der Waals surface area contributed by atoms with Crippen molar-refractivity contribution in [3.8, 4) is 0 Å². The Hall–Kier alpha value is -2.33. The van der Waals surface area contributed by atoms with E-state index in [4.69, 9.17) is 11.6 Å². The highest BCUT2D eigenvalue weighted by molar-refractivity contribution is 6.30. The average molecular weight is 385 g/mol. The van der Waals surface area contributed by atoms with Crippen LogP contribution < -0.4 is 5.32 Å². The SMILES string of the molecule is CC1CCCN(C(=O)C(Cc2ccccc2)NC(=O)c2ccc(Cl)cc2)C1. The molecule has 1 fully saturated rings. The van der Waals surface area contributed by atoms with E-state index in [1.54, 1.807) is 24.3 Å². The number of piperidine rings is 1. The van der Waals surface area contributed by atoms with Crippen molar-refractivity contribution in [2.45, 2.75) is 32.2 Å². The molecular weight excluding hydrogens is 360 g/mol. The van der Waals surface area contributed by atoms with Gasteiger partial charge in [-0.2, -0.15) is 0 Å². The van der Waals surface area contributed by atoms with Gasteiger partial charge in [-0.25, -0.2) is 0 Å². The first kappa shape index (κ1) is 19.4. The molecule has 0 aliphatic carbocycles. The number of halogens is 1. The first-order chi connectivity index (χ1) is 13.0. The molecule has 1 aliphatic heterocycles. The lowest BCUT2D eigenvalue weighted by molar-refractivity contribution is -0.134. The largest absolute Gasteiger partial charge is 0.341 e. The molecule has 5 heteroatoms. The number of nitrogens with zero attached hydrogens (tertiary/aromatic N) is 1. The highest BCUT2D eigenvalue weighted by Crippen LogP contribution is 2.18. The van der Waals surface area contributed by atoms with Crippen LogP contribution in [0.1, 0.15) is 35.7 Å². The normalized spacial score (nSPS) is 18.0. The third-order valence-electron chi connectivity index (χ3n) is 4.96. The summed E-state index contributed by atoms with van der Waals surface area (Å²) in [5.74, 6) is 0.228. The van der Waals surface area contributed by atoms with Crippen LogP contribution >= 0.6 is 11.6 Å². The van der Waals surface area contributed by atoms with Gasteiger partial charge in [-0.15, -0.1) is 0 Å². The van der Waals surface area contributed by atoms with Crippen LogP contribution in [0.3, 0.4) is 0 Å². The Morgan fingerprint density at radius 3 is 2.52 bits per heavy atom. The summed E-state index contributed by atoms with van der Waals surface area (Å²) in [6.07, 6.45) is 2.63. The predicted octanol–water partition coefficient (Wildman–Crippen LogP) is 3.94. The minimum absolute atomic E-state index is 0.00674. The molecule has 27 heavy (non-hydrogen) atoms. The van der Waals surface area contributed by atoms with E-state index < -0.39 is 6.04 Å². The van der Waals surface area contributed by atoms with E-state index in [9.17, 15) is 9.59 Å². The van der Waals surface area contributed by atoms with Crippen LogP contribution in [0.15, 0.2) is 54.6 Å². The molecule has 1 heterocycles. The number of amides is 2. The zero-order valence-corrected chi connectivity index (χ0v) is 16.3. The molecule has 4 nitrogen and oxygen atoms in total. The molecule has 1 aliphatic rings. The van der Waals surface area contributed by atoms with Gasteiger partial charge in [-0.05, 0) is 48.6 Å². The van der Waals surface area contributed by atoms with Gasteiger partial charge in [0.25, 0.3) is 5.91 Å². The minimum Gasteiger partial charge on any atom is -0.341 e. The van der Waals surface area contributed by atoms with Crippen molar-refractivity contribution in [1.82, 2.24) is 10.2 Å². The highest BCUT2D eigenvalue weighted by atomic mass is 35.5. The van der Waals surface area contributed by atoms with Gasteiger partial charge >= 0.3 is 0 Å². The van der Waals surface area contributed by atoms with E-state index >= 15 is 0 Å². The summed E-state index contributed by atoms with van der Waals surface area (Å²) in [6.45, 7) is 3.67. The standard InChI is InChI=1S/C22H25ClN2O2/c1-16-6-5-13-25(15-16)22(27)20(14-17-7-3-2-4-8-17)24-21(26)18-9-11-19(23)12-10-18/h2-4,7-12,16,20H,5-6,13-15H2,1H3,(H,24,26). The van der Waals surface area contributed by atoms with Gasteiger partial charge in [0.1, 0.15) is 6.04 Å². The fourth-order valence-corrected chi connectivity index (χ4v) is 3.63. The monoisotopic (exact) mass is 384 g/mol. The van der Waals surface area contributed by atoms with E-state index in [0.29, 0.717) is 22.9 Å². The number of rotatable bonds is 5. The Kier molecular flexibility index (Phi) is 6.51. The van der Waals surface area contributed by atoms with Crippen molar-refractivity contribution >= 4 is 23.4 Å². The number of benzene rings is 2. The molecular formula is C22H25ClN2O2. The summed E-state index contributed by atoms with van der Waals surface area (Å²) in [5.41, 5.74) is 1.52. The third kappa shape index (κ3) is 5.33. The fourth-order valence-electron chi connectivity index (χ4n) is 3.50. The Morgan fingerprint density at radius 1 is 1.15 bits per heavy atom. The van der Waals surface area contributed by atoms with E-state index in [0.717, 1.165) is 31.5 Å². The van der Waals surface area contributed by atoms with Crippen LogP contribution in [0.2, 0.25) is 5.02 Å². The summed E-state index contributed by atoms with van der Waals surface area (Å²) in [7, 11) is 0. The third-order valence-corrected chi connectivity index (χ3v) is 5.21. The van der Waals surface area contributed by atoms with Gasteiger partial charge in [0.2, 0.25) is 5.91 Å². The highest BCUT2D eigenvalue weighted by Gasteiger charge is 2.29. The van der Waals surface area contributed by atoms with Crippen LogP contribution in [-0.2, 0) is 11.2 Å². The van der Waals surface area contributed by atoms with Crippen LogP contribution in [0.5, 0.6) is 0 Å².